The highest BCUT2D eigenvalue weighted by atomic mass is 32.2. The third-order valence-corrected chi connectivity index (χ3v) is 5.22. The zero-order chi connectivity index (χ0) is 20.4. The second-order valence-corrected chi connectivity index (χ2v) is 7.93. The highest BCUT2D eigenvalue weighted by Crippen LogP contribution is 2.21. The van der Waals surface area contributed by atoms with Crippen LogP contribution in [0.1, 0.15) is 19.8 Å². The van der Waals surface area contributed by atoms with Crippen molar-refractivity contribution in [3.63, 3.8) is 0 Å². The van der Waals surface area contributed by atoms with Crippen molar-refractivity contribution in [2.45, 2.75) is 19.8 Å². The average Bonchev–Trinajstić information content (AvgIpc) is 2.64. The van der Waals surface area contributed by atoms with Crippen LogP contribution in [0.4, 0.5) is 21.9 Å². The molecule has 0 heterocycles. The summed E-state index contributed by atoms with van der Waals surface area (Å²) in [5, 5.41) is 8.06. The van der Waals surface area contributed by atoms with Gasteiger partial charge in [0.1, 0.15) is 0 Å². The largest absolute Gasteiger partial charge is 0.324 e. The highest BCUT2D eigenvalue weighted by molar-refractivity contribution is 7.89. The SMILES string of the molecule is CCCS(=O)(=O)NCCC(=O)Nc1ccccc1NC(=O)Nc1ccccc1. The molecule has 9 heteroatoms. The molecule has 0 bridgehead atoms. The third kappa shape index (κ3) is 7.37. The maximum absolute atomic E-state index is 12.2. The molecular formula is C19H24N4O4S. The number of rotatable bonds is 9. The lowest BCUT2D eigenvalue weighted by Crippen LogP contribution is -2.29. The molecule has 0 spiro atoms. The fourth-order valence-corrected chi connectivity index (χ4v) is 3.48. The van der Waals surface area contributed by atoms with E-state index in [1.807, 2.05) is 6.07 Å². The van der Waals surface area contributed by atoms with Gasteiger partial charge < -0.3 is 16.0 Å². The molecule has 0 radical (unpaired) electrons. The van der Waals surface area contributed by atoms with Crippen LogP contribution in [0.2, 0.25) is 0 Å². The molecule has 8 nitrogen and oxygen atoms in total. The fourth-order valence-electron chi connectivity index (χ4n) is 2.38. The molecule has 0 saturated carbocycles. The zero-order valence-electron chi connectivity index (χ0n) is 15.6. The van der Waals surface area contributed by atoms with Crippen molar-refractivity contribution >= 4 is 39.0 Å². The summed E-state index contributed by atoms with van der Waals surface area (Å²) in [6.45, 7) is 1.78. The minimum atomic E-state index is -3.35. The van der Waals surface area contributed by atoms with E-state index in [0.29, 0.717) is 23.5 Å². The van der Waals surface area contributed by atoms with Crippen molar-refractivity contribution < 1.29 is 18.0 Å². The summed E-state index contributed by atoms with van der Waals surface area (Å²) in [5.74, 6) is -0.338. The second kappa shape index (κ2) is 10.4. The van der Waals surface area contributed by atoms with Crippen LogP contribution in [0.3, 0.4) is 0 Å². The van der Waals surface area contributed by atoms with Gasteiger partial charge in [-0.2, -0.15) is 0 Å². The van der Waals surface area contributed by atoms with Gasteiger partial charge in [0.2, 0.25) is 15.9 Å². The Morgan fingerprint density at radius 1 is 0.857 bits per heavy atom. The number of benzene rings is 2. The normalized spacial score (nSPS) is 10.9. The molecule has 150 valence electrons. The first kappa shape index (κ1) is 21.4. The molecule has 28 heavy (non-hydrogen) atoms. The number of sulfonamides is 1. The van der Waals surface area contributed by atoms with Gasteiger partial charge in [-0.15, -0.1) is 0 Å². The van der Waals surface area contributed by atoms with Gasteiger partial charge in [-0.1, -0.05) is 37.3 Å². The summed E-state index contributed by atoms with van der Waals surface area (Å²) in [6, 6.07) is 15.3. The third-order valence-electron chi connectivity index (χ3n) is 3.63. The second-order valence-electron chi connectivity index (χ2n) is 6.00. The Balaban J connectivity index is 1.90. The Morgan fingerprint density at radius 2 is 1.46 bits per heavy atom. The van der Waals surface area contributed by atoms with Crippen molar-refractivity contribution in [2.24, 2.45) is 0 Å². The molecule has 0 aromatic heterocycles. The van der Waals surface area contributed by atoms with Gasteiger partial charge in [-0.25, -0.2) is 17.9 Å². The number of hydrogen-bond acceptors (Lipinski definition) is 4. The molecule has 0 unspecified atom stereocenters. The predicted molar refractivity (Wildman–Crippen MR) is 111 cm³/mol. The van der Waals surface area contributed by atoms with Crippen LogP contribution >= 0.6 is 0 Å². The molecule has 2 rings (SSSR count). The smallest absolute Gasteiger partial charge is 0.323 e. The van der Waals surface area contributed by atoms with Gasteiger partial charge in [0.05, 0.1) is 17.1 Å². The lowest BCUT2D eigenvalue weighted by molar-refractivity contribution is -0.116. The molecule has 2 aromatic rings. The molecule has 0 atom stereocenters. The van der Waals surface area contributed by atoms with Gasteiger partial charge in [0.25, 0.3) is 0 Å². The standard InChI is InChI=1S/C19H24N4O4S/c1-2-14-28(26,27)20-13-12-18(24)22-16-10-6-7-11-17(16)23-19(25)21-15-8-4-3-5-9-15/h3-11,20H,2,12-14H2,1H3,(H,22,24)(H2,21,23,25). The number of urea groups is 1. The van der Waals surface area contributed by atoms with Crippen molar-refractivity contribution in [1.29, 1.82) is 0 Å². The molecule has 0 aliphatic rings. The van der Waals surface area contributed by atoms with E-state index in [4.69, 9.17) is 0 Å². The number of carbonyl (C=O) groups is 2. The summed E-state index contributed by atoms with van der Waals surface area (Å²) >= 11 is 0. The molecule has 0 aliphatic heterocycles. The maximum atomic E-state index is 12.2. The van der Waals surface area contributed by atoms with Crippen molar-refractivity contribution in [2.75, 3.05) is 28.2 Å². The molecular weight excluding hydrogens is 380 g/mol. The van der Waals surface area contributed by atoms with Crippen LogP contribution in [0.15, 0.2) is 54.6 Å². The van der Waals surface area contributed by atoms with E-state index in [0.717, 1.165) is 0 Å². The Morgan fingerprint density at radius 3 is 2.11 bits per heavy atom. The lowest BCUT2D eigenvalue weighted by Gasteiger charge is -2.13. The van der Waals surface area contributed by atoms with E-state index in [2.05, 4.69) is 20.7 Å². The van der Waals surface area contributed by atoms with Gasteiger partial charge in [0, 0.05) is 18.7 Å². The number of carbonyl (C=O) groups excluding carboxylic acids is 2. The number of amides is 3. The molecule has 0 saturated heterocycles. The van der Waals surface area contributed by atoms with Crippen LogP contribution in [0.25, 0.3) is 0 Å². The summed E-state index contributed by atoms with van der Waals surface area (Å²) in [6.07, 6.45) is 0.485. The van der Waals surface area contributed by atoms with Crippen LogP contribution in [0, 0.1) is 0 Å². The van der Waals surface area contributed by atoms with Crippen LogP contribution in [0.5, 0.6) is 0 Å². The van der Waals surface area contributed by atoms with E-state index < -0.39 is 16.1 Å². The van der Waals surface area contributed by atoms with Crippen LogP contribution in [-0.2, 0) is 14.8 Å². The average molecular weight is 404 g/mol. The fraction of sp³-hybridized carbons (Fsp3) is 0.263. The molecule has 4 N–H and O–H groups in total. The molecule has 0 aliphatic carbocycles. The van der Waals surface area contributed by atoms with Crippen molar-refractivity contribution in [3.8, 4) is 0 Å². The maximum Gasteiger partial charge on any atom is 0.323 e. The van der Waals surface area contributed by atoms with Gasteiger partial charge >= 0.3 is 6.03 Å². The number of hydrogen-bond donors (Lipinski definition) is 4. The van der Waals surface area contributed by atoms with Crippen LogP contribution in [-0.4, -0.2) is 32.7 Å². The highest BCUT2D eigenvalue weighted by Gasteiger charge is 2.12. The minimum absolute atomic E-state index is 0.0122. The molecule has 0 fully saturated rings. The Kier molecular flexibility index (Phi) is 7.97. The van der Waals surface area contributed by atoms with E-state index in [9.17, 15) is 18.0 Å². The van der Waals surface area contributed by atoms with Crippen molar-refractivity contribution in [1.82, 2.24) is 4.72 Å². The predicted octanol–water partition coefficient (Wildman–Crippen LogP) is 2.99. The topological polar surface area (TPSA) is 116 Å². The van der Waals surface area contributed by atoms with E-state index in [1.54, 1.807) is 55.5 Å². The summed E-state index contributed by atoms with van der Waals surface area (Å²) in [7, 11) is -3.35. The summed E-state index contributed by atoms with van der Waals surface area (Å²) < 4.78 is 25.6. The minimum Gasteiger partial charge on any atom is -0.324 e. The van der Waals surface area contributed by atoms with Gasteiger partial charge in [0.15, 0.2) is 0 Å². The first-order chi connectivity index (χ1) is 13.4. The number of anilines is 3. The quantitative estimate of drug-likeness (QED) is 0.514. The van der Waals surface area contributed by atoms with Gasteiger partial charge in [-0.05, 0) is 30.7 Å². The number of para-hydroxylation sites is 3. The van der Waals surface area contributed by atoms with E-state index in [1.165, 1.54) is 0 Å². The van der Waals surface area contributed by atoms with Gasteiger partial charge in [-0.3, -0.25) is 4.79 Å². The number of nitrogens with one attached hydrogen (secondary N) is 4. The molecule has 2 aromatic carbocycles. The molecule has 3 amide bonds. The summed E-state index contributed by atoms with van der Waals surface area (Å²) in [4.78, 5) is 24.3. The van der Waals surface area contributed by atoms with Crippen molar-refractivity contribution in [3.05, 3.63) is 54.6 Å². The Bertz CT molecular complexity index is 901. The Labute approximate surface area is 164 Å². The lowest BCUT2D eigenvalue weighted by atomic mass is 10.2. The monoisotopic (exact) mass is 404 g/mol. The first-order valence-corrected chi connectivity index (χ1v) is 10.5. The summed E-state index contributed by atoms with van der Waals surface area (Å²) in [5.41, 5.74) is 1.49. The van der Waals surface area contributed by atoms with E-state index in [-0.39, 0.29) is 24.6 Å². The first-order valence-electron chi connectivity index (χ1n) is 8.89. The van der Waals surface area contributed by atoms with E-state index >= 15 is 0 Å². The van der Waals surface area contributed by atoms with Crippen LogP contribution < -0.4 is 20.7 Å². The zero-order valence-corrected chi connectivity index (χ0v) is 16.4. The Hall–Kier alpha value is -2.91.